The fraction of sp³-hybridized carbons (Fsp3) is 0.545. The largest absolute Gasteiger partial charge is 0.542 e. The van der Waals surface area contributed by atoms with Crippen molar-refractivity contribution in [3.63, 3.8) is 0 Å². The lowest BCUT2D eigenvalue weighted by atomic mass is 10.3. The molecule has 1 aromatic rings. The summed E-state index contributed by atoms with van der Waals surface area (Å²) in [7, 11) is 2.19. The monoisotopic (exact) mass is 225 g/mol. The van der Waals surface area contributed by atoms with Crippen LogP contribution in [-0.2, 0) is 6.54 Å². The Morgan fingerprint density at radius 2 is 2.06 bits per heavy atom. The summed E-state index contributed by atoms with van der Waals surface area (Å²) in [5.74, 6) is -0.591. The van der Waals surface area contributed by atoms with Gasteiger partial charge in [0.05, 0.1) is 7.05 Å². The van der Waals surface area contributed by atoms with E-state index in [0.717, 1.165) is 38.5 Å². The number of likely N-dealkylation sites (N-methyl/N-ethyl adjacent to an activating group) is 1. The van der Waals surface area contributed by atoms with E-state index in [2.05, 4.69) is 7.05 Å². The molecule has 0 unspecified atom stereocenters. The topological polar surface area (TPSA) is 62.2 Å². The minimum Gasteiger partial charge on any atom is -0.542 e. The fourth-order valence-corrected chi connectivity index (χ4v) is 2.04. The van der Waals surface area contributed by atoms with Crippen LogP contribution in [0.5, 0.6) is 0 Å². The Balaban J connectivity index is 1.91. The first kappa shape index (κ1) is 11.2. The number of carboxylic acid groups (broad SMARTS) is 1. The predicted octanol–water partition coefficient (Wildman–Crippen LogP) is -3.44. The zero-order valence-corrected chi connectivity index (χ0v) is 9.41. The lowest BCUT2D eigenvalue weighted by Gasteiger charge is -2.26. The van der Waals surface area contributed by atoms with Crippen LogP contribution in [0.1, 0.15) is 16.3 Å². The van der Waals surface area contributed by atoms with Gasteiger partial charge in [-0.15, -0.1) is 0 Å². The fourth-order valence-electron chi connectivity index (χ4n) is 2.04. The van der Waals surface area contributed by atoms with Crippen LogP contribution in [-0.4, -0.2) is 39.2 Å². The van der Waals surface area contributed by atoms with Gasteiger partial charge in [-0.2, -0.15) is 0 Å². The molecule has 5 heteroatoms. The van der Waals surface area contributed by atoms with E-state index in [1.807, 2.05) is 0 Å². The first-order valence-corrected chi connectivity index (χ1v) is 5.60. The van der Waals surface area contributed by atoms with Crippen LogP contribution in [0.15, 0.2) is 16.5 Å². The molecule has 1 saturated heterocycles. The number of carboxylic acids is 1. The van der Waals surface area contributed by atoms with Crippen LogP contribution in [0.4, 0.5) is 0 Å². The average Bonchev–Trinajstić information content (AvgIpc) is 2.70. The molecule has 0 atom stereocenters. The van der Waals surface area contributed by atoms with Crippen LogP contribution in [0.2, 0.25) is 0 Å². The van der Waals surface area contributed by atoms with Crippen molar-refractivity contribution >= 4 is 5.97 Å². The molecular weight excluding hydrogens is 208 g/mol. The molecule has 0 bridgehead atoms. The zero-order chi connectivity index (χ0) is 11.5. The molecule has 2 N–H and O–H groups in total. The highest BCUT2D eigenvalue weighted by molar-refractivity contribution is 5.82. The van der Waals surface area contributed by atoms with Gasteiger partial charge in [-0.3, -0.25) is 0 Å². The van der Waals surface area contributed by atoms with E-state index in [1.54, 1.807) is 11.0 Å². The van der Waals surface area contributed by atoms with Gasteiger partial charge in [0.15, 0.2) is 5.76 Å². The smallest absolute Gasteiger partial charge is 0.159 e. The second-order valence-corrected chi connectivity index (χ2v) is 4.44. The van der Waals surface area contributed by atoms with Gasteiger partial charge in [0, 0.05) is 0 Å². The SMILES string of the molecule is C[NH+]1CC[NH+](Cc2ccc(C(=O)[O-])o2)CC1. The molecule has 1 aromatic heterocycles. The lowest BCUT2D eigenvalue weighted by Crippen LogP contribution is -3.26. The molecule has 0 amide bonds. The van der Waals surface area contributed by atoms with Gasteiger partial charge < -0.3 is 24.1 Å². The Morgan fingerprint density at radius 3 is 2.62 bits per heavy atom. The van der Waals surface area contributed by atoms with Crippen molar-refractivity contribution in [2.45, 2.75) is 6.54 Å². The highest BCUT2D eigenvalue weighted by Gasteiger charge is 2.21. The Kier molecular flexibility index (Phi) is 3.26. The van der Waals surface area contributed by atoms with E-state index in [9.17, 15) is 9.90 Å². The van der Waals surface area contributed by atoms with Gasteiger partial charge in [0.25, 0.3) is 0 Å². The van der Waals surface area contributed by atoms with Gasteiger partial charge in [-0.05, 0) is 12.1 Å². The van der Waals surface area contributed by atoms with E-state index in [-0.39, 0.29) is 5.76 Å². The van der Waals surface area contributed by atoms with E-state index in [4.69, 9.17) is 4.42 Å². The maximum Gasteiger partial charge on any atom is 0.159 e. The molecule has 1 fully saturated rings. The van der Waals surface area contributed by atoms with Crippen molar-refractivity contribution in [1.82, 2.24) is 0 Å². The van der Waals surface area contributed by atoms with Crippen molar-refractivity contribution in [2.75, 3.05) is 33.2 Å². The van der Waals surface area contributed by atoms with Crippen molar-refractivity contribution < 1.29 is 24.1 Å². The third kappa shape index (κ3) is 2.62. The molecule has 1 aliphatic heterocycles. The normalized spacial score (nSPS) is 25.6. The van der Waals surface area contributed by atoms with E-state index < -0.39 is 5.97 Å². The van der Waals surface area contributed by atoms with Crippen molar-refractivity contribution in [3.05, 3.63) is 23.7 Å². The van der Waals surface area contributed by atoms with Crippen molar-refractivity contribution in [2.24, 2.45) is 0 Å². The van der Waals surface area contributed by atoms with Crippen LogP contribution in [0, 0.1) is 0 Å². The molecule has 0 aromatic carbocycles. The van der Waals surface area contributed by atoms with Crippen molar-refractivity contribution in [3.8, 4) is 0 Å². The summed E-state index contributed by atoms with van der Waals surface area (Å²) in [6, 6.07) is 3.19. The second-order valence-electron chi connectivity index (χ2n) is 4.44. The summed E-state index contributed by atoms with van der Waals surface area (Å²) in [4.78, 5) is 13.5. The Morgan fingerprint density at radius 1 is 1.38 bits per heavy atom. The molecule has 0 radical (unpaired) electrons. The van der Waals surface area contributed by atoms with Gasteiger partial charge in [0.2, 0.25) is 0 Å². The molecule has 0 saturated carbocycles. The maximum absolute atomic E-state index is 10.5. The first-order valence-electron chi connectivity index (χ1n) is 5.60. The number of quaternary nitrogens is 2. The molecular formula is C11H17N2O3+. The van der Waals surface area contributed by atoms with Crippen LogP contribution >= 0.6 is 0 Å². The second kappa shape index (κ2) is 4.67. The lowest BCUT2D eigenvalue weighted by molar-refractivity contribution is -1.01. The summed E-state index contributed by atoms with van der Waals surface area (Å²) in [5.41, 5.74) is 0. The number of aromatic carboxylic acids is 1. The van der Waals surface area contributed by atoms with Crippen LogP contribution in [0.3, 0.4) is 0 Å². The minimum atomic E-state index is -1.25. The van der Waals surface area contributed by atoms with Gasteiger partial charge in [0.1, 0.15) is 44.5 Å². The van der Waals surface area contributed by atoms with E-state index in [1.165, 1.54) is 11.0 Å². The van der Waals surface area contributed by atoms with E-state index in [0.29, 0.717) is 0 Å². The molecule has 0 aliphatic carbocycles. The number of carbonyl (C=O) groups is 1. The third-order valence-electron chi connectivity index (χ3n) is 3.10. The van der Waals surface area contributed by atoms with Crippen LogP contribution in [0.25, 0.3) is 0 Å². The highest BCUT2D eigenvalue weighted by atomic mass is 16.4. The zero-order valence-electron chi connectivity index (χ0n) is 9.41. The summed E-state index contributed by atoms with van der Waals surface area (Å²) in [6.45, 7) is 5.29. The van der Waals surface area contributed by atoms with Gasteiger partial charge >= 0.3 is 0 Å². The summed E-state index contributed by atoms with van der Waals surface area (Å²) in [6.07, 6.45) is 0. The summed E-state index contributed by atoms with van der Waals surface area (Å²) >= 11 is 0. The summed E-state index contributed by atoms with van der Waals surface area (Å²) in [5, 5.41) is 10.5. The Bertz CT molecular complexity index is 367. The Hall–Kier alpha value is -1.33. The molecule has 16 heavy (non-hydrogen) atoms. The molecule has 2 rings (SSSR count). The maximum atomic E-state index is 10.5. The number of rotatable bonds is 3. The van der Waals surface area contributed by atoms with Crippen molar-refractivity contribution in [1.29, 1.82) is 0 Å². The number of carbonyl (C=O) groups excluding carboxylic acids is 1. The molecule has 1 aliphatic rings. The molecule has 0 spiro atoms. The Labute approximate surface area is 94.2 Å². The number of nitrogens with one attached hydrogen (secondary N) is 2. The number of furan rings is 1. The first-order chi connectivity index (χ1) is 7.65. The quantitative estimate of drug-likeness (QED) is 0.562. The molecule has 2 heterocycles. The van der Waals surface area contributed by atoms with Gasteiger partial charge in [-0.1, -0.05) is 0 Å². The molecule has 5 nitrogen and oxygen atoms in total. The standard InChI is InChI=1S/C11H16N2O3/c1-12-4-6-13(7-5-12)8-9-2-3-10(16-9)11(14)15/h2-3H,4-8H2,1H3,(H,14,15)/p+1. The van der Waals surface area contributed by atoms with E-state index >= 15 is 0 Å². The highest BCUT2D eigenvalue weighted by Crippen LogP contribution is 2.05. The van der Waals surface area contributed by atoms with Gasteiger partial charge in [-0.25, -0.2) is 0 Å². The number of hydrogen-bond acceptors (Lipinski definition) is 3. The minimum absolute atomic E-state index is 0.0749. The predicted molar refractivity (Wildman–Crippen MR) is 54.1 cm³/mol. The summed E-state index contributed by atoms with van der Waals surface area (Å²) < 4.78 is 5.18. The molecule has 88 valence electrons. The average molecular weight is 225 g/mol. The third-order valence-corrected chi connectivity index (χ3v) is 3.10. The number of piperazine rings is 1. The number of hydrogen-bond donors (Lipinski definition) is 2. The van der Waals surface area contributed by atoms with Crippen LogP contribution < -0.4 is 14.9 Å².